The van der Waals surface area contributed by atoms with Crippen LogP contribution < -0.4 is 10.9 Å². The zero-order valence-corrected chi connectivity index (χ0v) is 14.8. The zero-order valence-electron chi connectivity index (χ0n) is 12.4. The first kappa shape index (κ1) is 16.2. The highest BCUT2D eigenvalue weighted by Gasteiger charge is 2.10. The second-order valence-electron chi connectivity index (χ2n) is 5.30. The largest absolute Gasteiger partial charge is 0.309 e. The van der Waals surface area contributed by atoms with Crippen molar-refractivity contribution in [3.63, 3.8) is 0 Å². The molecule has 1 heterocycles. The van der Waals surface area contributed by atoms with Crippen molar-refractivity contribution in [2.24, 2.45) is 0 Å². The van der Waals surface area contributed by atoms with Gasteiger partial charge in [-0.1, -0.05) is 45.7 Å². The van der Waals surface area contributed by atoms with Crippen LogP contribution in [0.5, 0.6) is 0 Å². The first-order valence-corrected chi connectivity index (χ1v) is 8.38. The maximum Gasteiger partial charge on any atom is 0.258 e. The number of nitrogens with zero attached hydrogens (tertiary/aromatic N) is 1. The number of rotatable bonds is 4. The van der Waals surface area contributed by atoms with Crippen molar-refractivity contribution in [2.75, 3.05) is 0 Å². The molecule has 0 aliphatic carbocycles. The summed E-state index contributed by atoms with van der Waals surface area (Å²) in [5, 5.41) is 4.40. The van der Waals surface area contributed by atoms with Gasteiger partial charge in [0.1, 0.15) is 5.82 Å². The molecular weight excluding hydrogens is 378 g/mol. The van der Waals surface area contributed by atoms with Gasteiger partial charge in [0.05, 0.1) is 17.4 Å². The standard InChI is InChI=1S/C17H15BrClN3O/c1-10(12-4-2-3-5-14(12)18)20-9-16-21-15-7-6-11(19)8-13(15)17(23)22-16/h2-8,10,20H,9H2,1H3,(H,21,22,23). The van der Waals surface area contributed by atoms with Crippen molar-refractivity contribution >= 4 is 38.4 Å². The molecule has 23 heavy (non-hydrogen) atoms. The minimum Gasteiger partial charge on any atom is -0.309 e. The van der Waals surface area contributed by atoms with E-state index in [1.54, 1.807) is 18.2 Å². The van der Waals surface area contributed by atoms with E-state index in [0.717, 1.165) is 10.0 Å². The molecule has 0 spiro atoms. The lowest BCUT2D eigenvalue weighted by atomic mass is 10.1. The van der Waals surface area contributed by atoms with E-state index >= 15 is 0 Å². The summed E-state index contributed by atoms with van der Waals surface area (Å²) in [4.78, 5) is 19.4. The number of nitrogens with one attached hydrogen (secondary N) is 2. The number of aromatic nitrogens is 2. The average Bonchev–Trinajstić information content (AvgIpc) is 2.54. The van der Waals surface area contributed by atoms with Crippen molar-refractivity contribution < 1.29 is 0 Å². The summed E-state index contributed by atoms with van der Waals surface area (Å²) in [6.45, 7) is 2.54. The van der Waals surface area contributed by atoms with Gasteiger partial charge in [0.2, 0.25) is 0 Å². The Kier molecular flexibility index (Phi) is 4.80. The van der Waals surface area contributed by atoms with Crippen molar-refractivity contribution in [1.29, 1.82) is 0 Å². The van der Waals surface area contributed by atoms with Crippen LogP contribution in [0.15, 0.2) is 51.7 Å². The second-order valence-corrected chi connectivity index (χ2v) is 6.59. The van der Waals surface area contributed by atoms with Crippen molar-refractivity contribution in [3.8, 4) is 0 Å². The van der Waals surface area contributed by atoms with Gasteiger partial charge in [-0.05, 0) is 36.8 Å². The monoisotopic (exact) mass is 391 g/mol. The van der Waals surface area contributed by atoms with E-state index in [0.29, 0.717) is 28.3 Å². The Morgan fingerprint density at radius 1 is 1.30 bits per heavy atom. The fourth-order valence-corrected chi connectivity index (χ4v) is 3.23. The lowest BCUT2D eigenvalue weighted by Gasteiger charge is -2.15. The second kappa shape index (κ2) is 6.83. The Morgan fingerprint density at radius 3 is 2.87 bits per heavy atom. The van der Waals surface area contributed by atoms with Gasteiger partial charge in [0.15, 0.2) is 0 Å². The molecule has 0 fully saturated rings. The molecule has 6 heteroatoms. The van der Waals surface area contributed by atoms with Crippen LogP contribution in [-0.2, 0) is 6.54 Å². The van der Waals surface area contributed by atoms with Crippen molar-refractivity contribution in [1.82, 2.24) is 15.3 Å². The van der Waals surface area contributed by atoms with Crippen LogP contribution in [0.1, 0.15) is 24.4 Å². The van der Waals surface area contributed by atoms with Gasteiger partial charge in [0.25, 0.3) is 5.56 Å². The minimum absolute atomic E-state index is 0.122. The predicted molar refractivity (Wildman–Crippen MR) is 96.8 cm³/mol. The molecule has 0 saturated carbocycles. The smallest absolute Gasteiger partial charge is 0.258 e. The number of benzene rings is 2. The highest BCUT2D eigenvalue weighted by atomic mass is 79.9. The summed E-state index contributed by atoms with van der Waals surface area (Å²) in [5.74, 6) is 0.601. The Hall–Kier alpha value is -1.69. The van der Waals surface area contributed by atoms with Gasteiger partial charge < -0.3 is 10.3 Å². The maximum absolute atomic E-state index is 12.1. The molecule has 0 amide bonds. The van der Waals surface area contributed by atoms with E-state index < -0.39 is 0 Å². The molecule has 3 aromatic rings. The highest BCUT2D eigenvalue weighted by molar-refractivity contribution is 9.10. The molecule has 1 atom stereocenters. The van der Waals surface area contributed by atoms with Crippen LogP contribution >= 0.6 is 27.5 Å². The Balaban J connectivity index is 1.81. The van der Waals surface area contributed by atoms with E-state index in [2.05, 4.69) is 44.2 Å². The molecule has 0 bridgehead atoms. The molecule has 0 aliphatic rings. The number of aromatic amines is 1. The SMILES string of the molecule is CC(NCc1nc2ccc(Cl)cc2c(=O)[nH]1)c1ccccc1Br. The fraction of sp³-hybridized carbons (Fsp3) is 0.176. The van der Waals surface area contributed by atoms with Crippen LogP contribution in [0.4, 0.5) is 0 Å². The van der Waals surface area contributed by atoms with Crippen LogP contribution in [0.3, 0.4) is 0 Å². The number of fused-ring (bicyclic) bond motifs is 1. The van der Waals surface area contributed by atoms with Gasteiger partial charge in [-0.3, -0.25) is 4.79 Å². The van der Waals surface area contributed by atoms with Crippen LogP contribution in [0.25, 0.3) is 10.9 Å². The molecule has 0 radical (unpaired) electrons. The van der Waals surface area contributed by atoms with Crippen LogP contribution in [0.2, 0.25) is 5.02 Å². The maximum atomic E-state index is 12.1. The van der Waals surface area contributed by atoms with Gasteiger partial charge in [-0.15, -0.1) is 0 Å². The first-order chi connectivity index (χ1) is 11.0. The van der Waals surface area contributed by atoms with E-state index in [1.807, 2.05) is 18.2 Å². The lowest BCUT2D eigenvalue weighted by Crippen LogP contribution is -2.22. The fourth-order valence-electron chi connectivity index (χ4n) is 2.43. The lowest BCUT2D eigenvalue weighted by molar-refractivity contribution is 0.558. The summed E-state index contributed by atoms with van der Waals surface area (Å²) in [5.41, 5.74) is 1.62. The van der Waals surface area contributed by atoms with E-state index in [9.17, 15) is 4.79 Å². The number of hydrogen-bond donors (Lipinski definition) is 2. The van der Waals surface area contributed by atoms with E-state index in [-0.39, 0.29) is 11.6 Å². The number of H-pyrrole nitrogens is 1. The third kappa shape index (κ3) is 3.63. The summed E-state index contributed by atoms with van der Waals surface area (Å²) in [6, 6.07) is 13.3. The summed E-state index contributed by atoms with van der Waals surface area (Å²) >= 11 is 9.47. The molecule has 4 nitrogen and oxygen atoms in total. The summed E-state index contributed by atoms with van der Waals surface area (Å²) in [7, 11) is 0. The van der Waals surface area contributed by atoms with Gasteiger partial charge in [-0.25, -0.2) is 4.98 Å². The van der Waals surface area contributed by atoms with Crippen molar-refractivity contribution in [2.45, 2.75) is 19.5 Å². The number of hydrogen-bond acceptors (Lipinski definition) is 3. The molecule has 1 unspecified atom stereocenters. The molecule has 1 aromatic heterocycles. The third-order valence-electron chi connectivity index (χ3n) is 3.66. The Morgan fingerprint density at radius 2 is 2.09 bits per heavy atom. The van der Waals surface area contributed by atoms with Gasteiger partial charge in [-0.2, -0.15) is 0 Å². The van der Waals surface area contributed by atoms with Gasteiger partial charge >= 0.3 is 0 Å². The van der Waals surface area contributed by atoms with Crippen LogP contribution in [0, 0.1) is 0 Å². The molecule has 3 rings (SSSR count). The first-order valence-electron chi connectivity index (χ1n) is 7.21. The van der Waals surface area contributed by atoms with E-state index in [1.165, 1.54) is 0 Å². The molecule has 0 aliphatic heterocycles. The zero-order chi connectivity index (χ0) is 16.4. The predicted octanol–water partition coefficient (Wildman–Crippen LogP) is 4.19. The summed E-state index contributed by atoms with van der Waals surface area (Å²) in [6.07, 6.45) is 0. The number of halogens is 2. The third-order valence-corrected chi connectivity index (χ3v) is 4.62. The molecule has 2 aromatic carbocycles. The Bertz CT molecular complexity index is 910. The molecule has 118 valence electrons. The quantitative estimate of drug-likeness (QED) is 0.700. The minimum atomic E-state index is -0.178. The highest BCUT2D eigenvalue weighted by Crippen LogP contribution is 2.22. The van der Waals surface area contributed by atoms with Crippen molar-refractivity contribution in [3.05, 3.63) is 73.7 Å². The Labute approximate surface area is 147 Å². The average molecular weight is 393 g/mol. The molecule has 2 N–H and O–H groups in total. The topological polar surface area (TPSA) is 57.8 Å². The molecule has 0 saturated heterocycles. The normalized spacial score (nSPS) is 12.5. The summed E-state index contributed by atoms with van der Waals surface area (Å²) < 4.78 is 1.05. The van der Waals surface area contributed by atoms with Crippen LogP contribution in [-0.4, -0.2) is 9.97 Å². The molecular formula is C17H15BrClN3O. The van der Waals surface area contributed by atoms with E-state index in [4.69, 9.17) is 11.6 Å². The van der Waals surface area contributed by atoms with Gasteiger partial charge in [0, 0.05) is 15.5 Å².